The zero-order valence-corrected chi connectivity index (χ0v) is 11.0. The van der Waals surface area contributed by atoms with Crippen molar-refractivity contribution in [3.05, 3.63) is 29.6 Å². The first-order valence-corrected chi connectivity index (χ1v) is 6.47. The summed E-state index contributed by atoms with van der Waals surface area (Å²) in [7, 11) is 0. The van der Waals surface area contributed by atoms with Crippen molar-refractivity contribution >= 4 is 5.97 Å². The second-order valence-corrected chi connectivity index (χ2v) is 5.06. The van der Waals surface area contributed by atoms with Gasteiger partial charge in [-0.15, -0.1) is 0 Å². The number of rotatable bonds is 3. The number of aromatic nitrogens is 1. The van der Waals surface area contributed by atoms with Gasteiger partial charge in [0, 0.05) is 18.4 Å². The van der Waals surface area contributed by atoms with Crippen molar-refractivity contribution in [3.63, 3.8) is 0 Å². The highest BCUT2D eigenvalue weighted by Gasteiger charge is 2.27. The van der Waals surface area contributed by atoms with E-state index in [9.17, 15) is 4.79 Å². The first-order valence-electron chi connectivity index (χ1n) is 6.47. The molecule has 2 rings (SSSR count). The number of carboxylic acid groups (broad SMARTS) is 1. The van der Waals surface area contributed by atoms with Crippen molar-refractivity contribution in [1.82, 2.24) is 9.88 Å². The Kier molecular flexibility index (Phi) is 3.97. The highest BCUT2D eigenvalue weighted by atomic mass is 16.4. The van der Waals surface area contributed by atoms with E-state index < -0.39 is 5.97 Å². The van der Waals surface area contributed by atoms with Crippen LogP contribution in [0.15, 0.2) is 18.5 Å². The minimum Gasteiger partial charge on any atom is -0.481 e. The number of pyridine rings is 1. The Morgan fingerprint density at radius 2 is 2.17 bits per heavy atom. The standard InChI is InChI=1S/C14H20N2O2/c1-10-9-15-6-3-13(10)11(2)16-7-4-12(5-8-16)14(17)18/h3,6,9,11-12H,4-5,7-8H2,1-2H3,(H,17,18). The molecular formula is C14H20N2O2. The van der Waals surface area contributed by atoms with Crippen LogP contribution in [-0.2, 0) is 4.79 Å². The maximum absolute atomic E-state index is 10.9. The van der Waals surface area contributed by atoms with Crippen LogP contribution in [0.1, 0.15) is 36.9 Å². The number of aryl methyl sites for hydroxylation is 1. The number of nitrogens with zero attached hydrogens (tertiary/aromatic N) is 2. The predicted octanol–water partition coefficient (Wildman–Crippen LogP) is 2.25. The zero-order valence-electron chi connectivity index (χ0n) is 11.0. The SMILES string of the molecule is Cc1cnccc1C(C)N1CCC(C(=O)O)CC1. The van der Waals surface area contributed by atoms with E-state index in [-0.39, 0.29) is 5.92 Å². The first-order chi connectivity index (χ1) is 8.59. The number of piperidine rings is 1. The van der Waals surface area contributed by atoms with Crippen molar-refractivity contribution in [1.29, 1.82) is 0 Å². The van der Waals surface area contributed by atoms with Crippen molar-refractivity contribution in [3.8, 4) is 0 Å². The van der Waals surface area contributed by atoms with E-state index in [0.717, 1.165) is 25.9 Å². The highest BCUT2D eigenvalue weighted by molar-refractivity contribution is 5.70. The number of carbonyl (C=O) groups is 1. The summed E-state index contributed by atoms with van der Waals surface area (Å²) in [5.41, 5.74) is 2.49. The molecule has 1 aromatic heterocycles. The summed E-state index contributed by atoms with van der Waals surface area (Å²) in [6.07, 6.45) is 5.21. The summed E-state index contributed by atoms with van der Waals surface area (Å²) < 4.78 is 0. The third-order valence-corrected chi connectivity index (χ3v) is 3.94. The molecule has 1 aromatic rings. The fourth-order valence-corrected chi connectivity index (χ4v) is 2.68. The van der Waals surface area contributed by atoms with Crippen LogP contribution in [0.2, 0.25) is 0 Å². The Balaban J connectivity index is 2.02. The highest BCUT2D eigenvalue weighted by Crippen LogP contribution is 2.27. The van der Waals surface area contributed by atoms with Crippen LogP contribution in [0.4, 0.5) is 0 Å². The molecule has 1 aliphatic heterocycles. The second kappa shape index (κ2) is 5.48. The largest absolute Gasteiger partial charge is 0.481 e. The third kappa shape index (κ3) is 2.70. The van der Waals surface area contributed by atoms with E-state index in [1.54, 1.807) is 0 Å². The summed E-state index contributed by atoms with van der Waals surface area (Å²) in [4.78, 5) is 17.4. The van der Waals surface area contributed by atoms with E-state index in [1.807, 2.05) is 12.4 Å². The molecule has 1 saturated heterocycles. The van der Waals surface area contributed by atoms with Crippen LogP contribution >= 0.6 is 0 Å². The number of hydrogen-bond acceptors (Lipinski definition) is 3. The molecular weight excluding hydrogens is 228 g/mol. The monoisotopic (exact) mass is 248 g/mol. The lowest BCUT2D eigenvalue weighted by molar-refractivity contribution is -0.143. The van der Waals surface area contributed by atoms with E-state index in [4.69, 9.17) is 5.11 Å². The van der Waals surface area contributed by atoms with Gasteiger partial charge in [0.25, 0.3) is 0 Å². The summed E-state index contributed by atoms with van der Waals surface area (Å²) >= 11 is 0. The van der Waals surface area contributed by atoms with Crippen molar-refractivity contribution in [2.24, 2.45) is 5.92 Å². The van der Waals surface area contributed by atoms with Crippen LogP contribution < -0.4 is 0 Å². The number of likely N-dealkylation sites (tertiary alicyclic amines) is 1. The molecule has 0 spiro atoms. The molecule has 1 aliphatic rings. The lowest BCUT2D eigenvalue weighted by Gasteiger charge is -2.35. The van der Waals surface area contributed by atoms with Gasteiger partial charge in [-0.2, -0.15) is 0 Å². The summed E-state index contributed by atoms with van der Waals surface area (Å²) in [6, 6.07) is 2.39. The quantitative estimate of drug-likeness (QED) is 0.891. The molecule has 18 heavy (non-hydrogen) atoms. The Morgan fingerprint density at radius 1 is 1.50 bits per heavy atom. The molecule has 1 fully saturated rings. The van der Waals surface area contributed by atoms with E-state index in [1.165, 1.54) is 11.1 Å². The predicted molar refractivity (Wildman–Crippen MR) is 69.3 cm³/mol. The third-order valence-electron chi connectivity index (χ3n) is 3.94. The minimum absolute atomic E-state index is 0.160. The van der Waals surface area contributed by atoms with Crippen LogP contribution in [0.3, 0.4) is 0 Å². The van der Waals surface area contributed by atoms with Gasteiger partial charge >= 0.3 is 5.97 Å². The molecule has 4 nitrogen and oxygen atoms in total. The minimum atomic E-state index is -0.651. The van der Waals surface area contributed by atoms with Crippen LogP contribution in [0.5, 0.6) is 0 Å². The maximum Gasteiger partial charge on any atom is 0.306 e. The number of hydrogen-bond donors (Lipinski definition) is 1. The van der Waals surface area contributed by atoms with Gasteiger partial charge in [0.05, 0.1) is 5.92 Å². The van der Waals surface area contributed by atoms with Gasteiger partial charge in [-0.1, -0.05) is 0 Å². The van der Waals surface area contributed by atoms with Gasteiger partial charge in [0.15, 0.2) is 0 Å². The van der Waals surface area contributed by atoms with Crippen molar-refractivity contribution in [2.45, 2.75) is 32.7 Å². The van der Waals surface area contributed by atoms with Crippen LogP contribution in [0.25, 0.3) is 0 Å². The van der Waals surface area contributed by atoms with Gasteiger partial charge < -0.3 is 5.11 Å². The van der Waals surface area contributed by atoms with Crippen LogP contribution in [0, 0.1) is 12.8 Å². The molecule has 0 bridgehead atoms. The first kappa shape index (κ1) is 13.0. The fraction of sp³-hybridized carbons (Fsp3) is 0.571. The topological polar surface area (TPSA) is 53.4 Å². The van der Waals surface area contributed by atoms with Gasteiger partial charge in [-0.25, -0.2) is 0 Å². The molecule has 1 unspecified atom stereocenters. The molecule has 0 aliphatic carbocycles. The van der Waals surface area contributed by atoms with Crippen LogP contribution in [-0.4, -0.2) is 34.0 Å². The average molecular weight is 248 g/mol. The number of aliphatic carboxylic acids is 1. The molecule has 98 valence electrons. The van der Waals surface area contributed by atoms with Gasteiger partial charge in [0.2, 0.25) is 0 Å². The average Bonchev–Trinajstić information content (AvgIpc) is 2.38. The summed E-state index contributed by atoms with van der Waals surface area (Å²) in [5, 5.41) is 9.00. The fourth-order valence-electron chi connectivity index (χ4n) is 2.68. The lowest BCUT2D eigenvalue weighted by Crippen LogP contribution is -2.38. The van der Waals surface area contributed by atoms with Crippen molar-refractivity contribution < 1.29 is 9.90 Å². The van der Waals surface area contributed by atoms with E-state index in [0.29, 0.717) is 6.04 Å². The van der Waals surface area contributed by atoms with Crippen molar-refractivity contribution in [2.75, 3.05) is 13.1 Å². The Hall–Kier alpha value is -1.42. The van der Waals surface area contributed by atoms with E-state index in [2.05, 4.69) is 29.8 Å². The molecule has 0 amide bonds. The molecule has 2 heterocycles. The van der Waals surface area contributed by atoms with E-state index >= 15 is 0 Å². The Labute approximate surface area is 108 Å². The molecule has 4 heteroatoms. The molecule has 1 N–H and O–H groups in total. The normalized spacial score (nSPS) is 19.7. The smallest absolute Gasteiger partial charge is 0.306 e. The Bertz CT molecular complexity index is 426. The zero-order chi connectivity index (χ0) is 13.1. The maximum atomic E-state index is 10.9. The molecule has 0 saturated carbocycles. The van der Waals surface area contributed by atoms with Gasteiger partial charge in [-0.3, -0.25) is 14.7 Å². The Morgan fingerprint density at radius 3 is 2.72 bits per heavy atom. The second-order valence-electron chi connectivity index (χ2n) is 5.06. The lowest BCUT2D eigenvalue weighted by atomic mass is 9.94. The van der Waals surface area contributed by atoms with Gasteiger partial charge in [-0.05, 0) is 57.0 Å². The molecule has 0 aromatic carbocycles. The summed E-state index contributed by atoms with van der Waals surface area (Å²) in [6.45, 7) is 5.98. The number of carboxylic acids is 1. The van der Waals surface area contributed by atoms with Gasteiger partial charge in [0.1, 0.15) is 0 Å². The molecule has 1 atom stereocenters. The summed E-state index contributed by atoms with van der Waals surface area (Å²) in [5.74, 6) is -0.811. The molecule has 0 radical (unpaired) electrons.